The zero-order chi connectivity index (χ0) is 29.0. The highest BCUT2D eigenvalue weighted by Gasteiger charge is 2.64. The summed E-state index contributed by atoms with van der Waals surface area (Å²) >= 11 is 0. The summed E-state index contributed by atoms with van der Waals surface area (Å²) in [6, 6.07) is 29.1. The molecule has 1 aliphatic heterocycles. The van der Waals surface area contributed by atoms with Gasteiger partial charge in [-0.3, -0.25) is 0 Å². The van der Waals surface area contributed by atoms with E-state index in [2.05, 4.69) is 10.3 Å². The van der Waals surface area contributed by atoms with Crippen LogP contribution in [0.25, 0.3) is 0 Å². The zero-order valence-electron chi connectivity index (χ0n) is 23.4. The van der Waals surface area contributed by atoms with Gasteiger partial charge in [0.15, 0.2) is 11.5 Å². The lowest BCUT2D eigenvalue weighted by molar-refractivity contribution is -0.149. The Morgan fingerprint density at radius 3 is 1.85 bits per heavy atom. The van der Waals surface area contributed by atoms with Gasteiger partial charge in [-0.2, -0.15) is 4.98 Å². The molecule has 214 valence electrons. The van der Waals surface area contributed by atoms with Crippen LogP contribution < -0.4 is 20.5 Å². The molecule has 3 atom stereocenters. The fourth-order valence-electron chi connectivity index (χ4n) is 6.21. The van der Waals surface area contributed by atoms with Crippen molar-refractivity contribution in [2.45, 2.75) is 36.7 Å². The highest BCUT2D eigenvalue weighted by atomic mass is 16.6. The van der Waals surface area contributed by atoms with Crippen LogP contribution in [-0.2, 0) is 15.9 Å². The van der Waals surface area contributed by atoms with Gasteiger partial charge in [-0.25, -0.2) is 9.36 Å². The molecule has 1 fully saturated rings. The first-order valence-electron chi connectivity index (χ1n) is 13.6. The second kappa shape index (κ2) is 11.7. The third-order valence-corrected chi connectivity index (χ3v) is 7.76. The maximum absolute atomic E-state index is 14.2. The van der Waals surface area contributed by atoms with Gasteiger partial charge in [0.2, 0.25) is 11.6 Å². The number of rotatable bonds is 10. The summed E-state index contributed by atoms with van der Waals surface area (Å²) < 4.78 is 19.8. The van der Waals surface area contributed by atoms with Crippen molar-refractivity contribution in [2.75, 3.05) is 32.7 Å². The average Bonchev–Trinajstić information content (AvgIpc) is 3.35. The minimum atomic E-state index is -1.68. The lowest BCUT2D eigenvalue weighted by Gasteiger charge is -2.50. The standard InChI is InChI=1S/C32H35N3O6/c1-4-33-28-27(39-2)29(40-3)35(30(38)34-28)31(20-25(37)26(21-36)41-31)32(22-14-8-5-9-15-22,23-16-10-6-11-17-23)24-18-12-7-13-19-24/h5-19,25-26,36-37H,4,20-21H2,1-3H3,(H,33,34,38)/t25-,26+,31-/m0/s1. The molecule has 0 radical (unpaired) electrons. The molecule has 0 spiro atoms. The first kappa shape index (κ1) is 28.4. The van der Waals surface area contributed by atoms with E-state index in [1.54, 1.807) is 0 Å². The van der Waals surface area contributed by atoms with Crippen molar-refractivity contribution in [3.63, 3.8) is 0 Å². The molecular weight excluding hydrogens is 522 g/mol. The van der Waals surface area contributed by atoms with Crippen molar-refractivity contribution in [1.29, 1.82) is 0 Å². The number of aromatic nitrogens is 2. The summed E-state index contributed by atoms with van der Waals surface area (Å²) in [6.45, 7) is 1.91. The van der Waals surface area contributed by atoms with Crippen LogP contribution in [0.5, 0.6) is 11.6 Å². The lowest BCUT2D eigenvalue weighted by Crippen LogP contribution is -2.58. The number of aliphatic hydroxyl groups is 2. The molecule has 0 bridgehead atoms. The van der Waals surface area contributed by atoms with Gasteiger partial charge in [-0.15, -0.1) is 0 Å². The number of anilines is 1. The molecule has 41 heavy (non-hydrogen) atoms. The Labute approximate surface area is 239 Å². The smallest absolute Gasteiger partial charge is 0.355 e. The van der Waals surface area contributed by atoms with Crippen LogP contribution in [0.15, 0.2) is 95.8 Å². The van der Waals surface area contributed by atoms with E-state index in [-0.39, 0.29) is 23.9 Å². The molecule has 0 saturated carbocycles. The molecule has 5 rings (SSSR count). The number of nitrogens with zero attached hydrogens (tertiary/aromatic N) is 2. The summed E-state index contributed by atoms with van der Waals surface area (Å²) in [7, 11) is 2.92. The van der Waals surface area contributed by atoms with Crippen molar-refractivity contribution in [3.8, 4) is 11.6 Å². The average molecular weight is 558 g/mol. The number of hydrogen-bond donors (Lipinski definition) is 3. The summed E-state index contributed by atoms with van der Waals surface area (Å²) in [6.07, 6.45) is -2.19. The second-order valence-electron chi connectivity index (χ2n) is 9.89. The van der Waals surface area contributed by atoms with Crippen LogP contribution in [-0.4, -0.2) is 59.3 Å². The Morgan fingerprint density at radius 2 is 1.46 bits per heavy atom. The highest BCUT2D eigenvalue weighted by molar-refractivity contribution is 5.58. The number of benzene rings is 3. The molecule has 3 N–H and O–H groups in total. The van der Waals surface area contributed by atoms with Crippen LogP contribution in [0.1, 0.15) is 30.0 Å². The zero-order valence-corrected chi connectivity index (χ0v) is 23.4. The second-order valence-corrected chi connectivity index (χ2v) is 9.89. The number of hydrogen-bond acceptors (Lipinski definition) is 8. The monoisotopic (exact) mass is 557 g/mol. The normalized spacial score (nSPS) is 20.5. The first-order chi connectivity index (χ1) is 20.0. The van der Waals surface area contributed by atoms with Gasteiger partial charge in [0.05, 0.1) is 32.3 Å². The molecular formula is C32H35N3O6. The van der Waals surface area contributed by atoms with E-state index in [0.717, 1.165) is 16.7 Å². The molecule has 9 nitrogen and oxygen atoms in total. The van der Waals surface area contributed by atoms with Crippen molar-refractivity contribution in [3.05, 3.63) is 118 Å². The number of aliphatic hydroxyl groups excluding tert-OH is 2. The van der Waals surface area contributed by atoms with Gasteiger partial charge in [0.25, 0.3) is 0 Å². The Kier molecular flexibility index (Phi) is 8.12. The Balaban J connectivity index is 2.03. The van der Waals surface area contributed by atoms with E-state index in [1.807, 2.05) is 97.9 Å². The van der Waals surface area contributed by atoms with Crippen molar-refractivity contribution >= 4 is 5.82 Å². The van der Waals surface area contributed by atoms with Gasteiger partial charge in [-0.1, -0.05) is 91.0 Å². The molecule has 2 heterocycles. The van der Waals surface area contributed by atoms with Crippen molar-refractivity contribution in [1.82, 2.24) is 9.55 Å². The quantitative estimate of drug-likeness (QED) is 0.254. The summed E-state index contributed by atoms with van der Waals surface area (Å²) in [5.74, 6) is 0.508. The topological polar surface area (TPSA) is 115 Å². The van der Waals surface area contributed by atoms with Crippen LogP contribution in [0.4, 0.5) is 5.82 Å². The van der Waals surface area contributed by atoms with Crippen molar-refractivity contribution in [2.24, 2.45) is 0 Å². The van der Waals surface area contributed by atoms with E-state index >= 15 is 0 Å². The summed E-state index contributed by atoms with van der Waals surface area (Å²) in [5, 5.41) is 24.8. The first-order valence-corrected chi connectivity index (χ1v) is 13.6. The van der Waals surface area contributed by atoms with E-state index in [1.165, 1.54) is 18.8 Å². The van der Waals surface area contributed by atoms with Crippen LogP contribution in [0.2, 0.25) is 0 Å². The molecule has 3 aromatic carbocycles. The Morgan fingerprint density at radius 1 is 0.951 bits per heavy atom. The van der Waals surface area contributed by atoms with Crippen LogP contribution >= 0.6 is 0 Å². The highest BCUT2D eigenvalue weighted by Crippen LogP contribution is 2.58. The minimum Gasteiger partial charge on any atom is -0.489 e. The maximum atomic E-state index is 14.2. The van der Waals surface area contributed by atoms with Gasteiger partial charge >= 0.3 is 5.69 Å². The fraction of sp³-hybridized carbons (Fsp3) is 0.312. The molecule has 0 amide bonds. The maximum Gasteiger partial charge on any atom is 0.355 e. The molecule has 1 aromatic heterocycles. The molecule has 9 heteroatoms. The molecule has 4 aromatic rings. The fourth-order valence-corrected chi connectivity index (χ4v) is 6.21. The summed E-state index contributed by atoms with van der Waals surface area (Å²) in [5.41, 5.74) is -1.20. The van der Waals surface area contributed by atoms with Gasteiger partial charge in [0.1, 0.15) is 6.10 Å². The molecule has 1 saturated heterocycles. The largest absolute Gasteiger partial charge is 0.489 e. The number of ether oxygens (including phenoxy) is 3. The minimum absolute atomic E-state index is 0.0707. The predicted molar refractivity (Wildman–Crippen MR) is 156 cm³/mol. The Hall–Kier alpha value is -4.18. The van der Waals surface area contributed by atoms with E-state index in [9.17, 15) is 15.0 Å². The molecule has 0 aliphatic carbocycles. The number of methoxy groups -OCH3 is 2. The predicted octanol–water partition coefficient (Wildman–Crippen LogP) is 3.52. The third-order valence-electron chi connectivity index (χ3n) is 7.76. The van der Waals surface area contributed by atoms with Crippen LogP contribution in [0, 0.1) is 0 Å². The number of nitrogens with one attached hydrogen (secondary N) is 1. The van der Waals surface area contributed by atoms with Gasteiger partial charge in [-0.05, 0) is 23.6 Å². The van der Waals surface area contributed by atoms with Gasteiger partial charge in [0, 0.05) is 13.0 Å². The van der Waals surface area contributed by atoms with Gasteiger partial charge < -0.3 is 29.7 Å². The molecule has 1 aliphatic rings. The van der Waals surface area contributed by atoms with E-state index < -0.39 is 35.6 Å². The Bertz CT molecular complexity index is 1420. The summed E-state index contributed by atoms with van der Waals surface area (Å²) in [4.78, 5) is 18.6. The van der Waals surface area contributed by atoms with Crippen molar-refractivity contribution < 1.29 is 24.4 Å². The molecule has 0 unspecified atom stereocenters. The van der Waals surface area contributed by atoms with E-state index in [4.69, 9.17) is 14.2 Å². The SMILES string of the molecule is CCNc1nc(=O)n([C@@]2(C(c3ccccc3)(c3ccccc3)c3ccccc3)C[C@H](O)[C@@H](CO)O2)c(OC)c1OC. The van der Waals surface area contributed by atoms with Crippen LogP contribution in [0.3, 0.4) is 0 Å². The third kappa shape index (κ3) is 4.46. The van der Waals surface area contributed by atoms with E-state index in [0.29, 0.717) is 6.54 Å². The lowest BCUT2D eigenvalue weighted by atomic mass is 9.61.